The third-order valence-electron chi connectivity index (χ3n) is 7.02. The van der Waals surface area contributed by atoms with Gasteiger partial charge in [0, 0.05) is 25.8 Å². The average molecular weight is 477 g/mol. The number of hydrogen-bond acceptors (Lipinski definition) is 8. The van der Waals surface area contributed by atoms with Crippen LogP contribution >= 0.6 is 0 Å². The van der Waals surface area contributed by atoms with Gasteiger partial charge >= 0.3 is 5.97 Å². The summed E-state index contributed by atoms with van der Waals surface area (Å²) in [5.41, 5.74) is 0.410. The molecule has 1 spiro atoms. The van der Waals surface area contributed by atoms with Gasteiger partial charge in [-0.3, -0.25) is 19.5 Å². The van der Waals surface area contributed by atoms with Crippen LogP contribution < -0.4 is 0 Å². The number of hydrogen-bond donors (Lipinski definition) is 2. The predicted molar refractivity (Wildman–Crippen MR) is 128 cm³/mol. The summed E-state index contributed by atoms with van der Waals surface area (Å²) in [5.74, 6) is -0.276. The fraction of sp³-hybridized carbons (Fsp3) is 0.720. The van der Waals surface area contributed by atoms with Crippen LogP contribution in [0, 0.1) is 5.41 Å². The highest BCUT2D eigenvalue weighted by molar-refractivity contribution is 5.78. The molecule has 3 heterocycles. The minimum absolute atomic E-state index is 0.00595. The first-order valence-corrected chi connectivity index (χ1v) is 12.4. The van der Waals surface area contributed by atoms with Crippen LogP contribution in [-0.2, 0) is 20.9 Å². The van der Waals surface area contributed by atoms with Gasteiger partial charge in [-0.25, -0.2) is 0 Å². The third-order valence-corrected chi connectivity index (χ3v) is 7.02. The van der Waals surface area contributed by atoms with Crippen molar-refractivity contribution in [2.24, 2.45) is 5.41 Å². The number of aromatic nitrogens is 1. The zero-order chi connectivity index (χ0) is 24.6. The fourth-order valence-corrected chi connectivity index (χ4v) is 4.82. The van der Waals surface area contributed by atoms with E-state index in [2.05, 4.69) is 9.88 Å². The number of piperidine rings is 1. The molecule has 34 heavy (non-hydrogen) atoms. The van der Waals surface area contributed by atoms with E-state index in [4.69, 9.17) is 4.74 Å². The van der Waals surface area contributed by atoms with Crippen LogP contribution in [-0.4, -0.2) is 107 Å². The minimum atomic E-state index is -1.17. The summed E-state index contributed by atoms with van der Waals surface area (Å²) >= 11 is 0. The van der Waals surface area contributed by atoms with Gasteiger partial charge in [-0.05, 0) is 71.4 Å². The molecule has 0 saturated carbocycles. The number of likely N-dealkylation sites (N-methyl/N-ethyl adjacent to an activating group) is 1. The van der Waals surface area contributed by atoms with E-state index in [0.29, 0.717) is 38.9 Å². The maximum atomic E-state index is 13.2. The molecule has 2 fully saturated rings. The van der Waals surface area contributed by atoms with E-state index in [1.54, 1.807) is 11.1 Å². The van der Waals surface area contributed by atoms with Crippen molar-refractivity contribution in [2.45, 2.75) is 57.3 Å². The molecule has 9 nitrogen and oxygen atoms in total. The van der Waals surface area contributed by atoms with Crippen LogP contribution in [0.15, 0.2) is 24.4 Å². The first-order chi connectivity index (χ1) is 16.3. The number of aliphatic hydroxyl groups is 2. The van der Waals surface area contributed by atoms with Crippen LogP contribution in [0.3, 0.4) is 0 Å². The predicted octanol–water partition coefficient (Wildman–Crippen LogP) is 0.893. The topological polar surface area (TPSA) is 106 Å². The Kier molecular flexibility index (Phi) is 9.82. The maximum absolute atomic E-state index is 13.2. The van der Waals surface area contributed by atoms with Gasteiger partial charge in [-0.1, -0.05) is 12.5 Å². The zero-order valence-corrected chi connectivity index (χ0v) is 20.6. The lowest BCUT2D eigenvalue weighted by Crippen LogP contribution is -2.46. The lowest BCUT2D eigenvalue weighted by molar-refractivity contribution is -0.165. The molecule has 2 atom stereocenters. The van der Waals surface area contributed by atoms with Crippen molar-refractivity contribution in [3.05, 3.63) is 30.1 Å². The van der Waals surface area contributed by atoms with E-state index >= 15 is 0 Å². The van der Waals surface area contributed by atoms with Crippen molar-refractivity contribution in [1.29, 1.82) is 0 Å². The normalized spacial score (nSPS) is 25.3. The Bertz CT molecular complexity index is 783. The second-order valence-corrected chi connectivity index (χ2v) is 9.98. The molecule has 0 aliphatic carbocycles. The number of esters is 1. The fourth-order valence-electron chi connectivity index (χ4n) is 4.82. The Morgan fingerprint density at radius 3 is 2.56 bits per heavy atom. The summed E-state index contributed by atoms with van der Waals surface area (Å²) in [7, 11) is 3.70. The number of rotatable bonds is 4. The summed E-state index contributed by atoms with van der Waals surface area (Å²) in [6.07, 6.45) is 3.46. The highest BCUT2D eigenvalue weighted by Crippen LogP contribution is 2.38. The maximum Gasteiger partial charge on any atom is 0.312 e. The molecular formula is C25H40N4O5. The number of aliphatic hydroxyl groups excluding tert-OH is 2. The molecule has 190 valence electrons. The van der Waals surface area contributed by atoms with Crippen molar-refractivity contribution < 1.29 is 24.5 Å². The van der Waals surface area contributed by atoms with Crippen LogP contribution in [0.4, 0.5) is 0 Å². The molecule has 1 amide bonds. The van der Waals surface area contributed by atoms with Crippen LogP contribution in [0.5, 0.6) is 0 Å². The second-order valence-electron chi connectivity index (χ2n) is 9.98. The van der Waals surface area contributed by atoms with Gasteiger partial charge in [0.15, 0.2) is 0 Å². The number of pyridine rings is 1. The number of ether oxygens (including phenoxy) is 1. The largest absolute Gasteiger partial charge is 0.462 e. The Labute approximate surface area is 202 Å². The SMILES string of the molecule is CN(C)CC(=O)N1CCCCC2(CCN(Cc3ccccn3)CC2)C(=O)OC[C@@H](O)[C@@H](O)CC1. The summed E-state index contributed by atoms with van der Waals surface area (Å²) in [4.78, 5) is 36.2. The quantitative estimate of drug-likeness (QED) is 0.618. The number of likely N-dealkylation sites (tertiary alicyclic amines) is 1. The van der Waals surface area contributed by atoms with Crippen molar-refractivity contribution in [1.82, 2.24) is 19.7 Å². The van der Waals surface area contributed by atoms with Crippen molar-refractivity contribution in [3.63, 3.8) is 0 Å². The molecule has 2 N–H and O–H groups in total. The number of amides is 1. The van der Waals surface area contributed by atoms with E-state index < -0.39 is 17.6 Å². The number of carbonyl (C=O) groups is 2. The Hall–Kier alpha value is -2.07. The molecule has 1 aromatic rings. The molecule has 3 rings (SSSR count). The molecular weight excluding hydrogens is 436 g/mol. The lowest BCUT2D eigenvalue weighted by Gasteiger charge is -2.40. The average Bonchev–Trinajstić information content (AvgIpc) is 2.83. The summed E-state index contributed by atoms with van der Waals surface area (Å²) in [5, 5.41) is 20.7. The smallest absolute Gasteiger partial charge is 0.312 e. The highest BCUT2D eigenvalue weighted by atomic mass is 16.5. The zero-order valence-electron chi connectivity index (χ0n) is 20.6. The second kappa shape index (κ2) is 12.6. The van der Waals surface area contributed by atoms with Gasteiger partial charge in [0.1, 0.15) is 12.7 Å². The molecule has 2 aliphatic rings. The van der Waals surface area contributed by atoms with Gasteiger partial charge in [0.25, 0.3) is 0 Å². The van der Waals surface area contributed by atoms with E-state index in [-0.39, 0.29) is 24.9 Å². The van der Waals surface area contributed by atoms with E-state index in [1.165, 1.54) is 0 Å². The number of carbonyl (C=O) groups excluding carboxylic acids is 2. The highest BCUT2D eigenvalue weighted by Gasteiger charge is 2.42. The molecule has 2 aliphatic heterocycles. The Morgan fingerprint density at radius 2 is 1.88 bits per heavy atom. The van der Waals surface area contributed by atoms with Gasteiger partial charge in [-0.15, -0.1) is 0 Å². The van der Waals surface area contributed by atoms with Gasteiger partial charge in [-0.2, -0.15) is 0 Å². The van der Waals surface area contributed by atoms with Gasteiger partial charge < -0.3 is 24.7 Å². The van der Waals surface area contributed by atoms with Crippen LogP contribution in [0.2, 0.25) is 0 Å². The number of cyclic esters (lactones) is 1. The monoisotopic (exact) mass is 476 g/mol. The molecule has 1 aromatic heterocycles. The minimum Gasteiger partial charge on any atom is -0.462 e. The van der Waals surface area contributed by atoms with Gasteiger partial charge in [0.05, 0.1) is 23.8 Å². The lowest BCUT2D eigenvalue weighted by atomic mass is 9.74. The summed E-state index contributed by atoms with van der Waals surface area (Å²) in [6.45, 7) is 3.30. The Balaban J connectivity index is 1.65. The third kappa shape index (κ3) is 7.46. The van der Waals surface area contributed by atoms with Crippen molar-refractivity contribution in [3.8, 4) is 0 Å². The number of nitrogens with zero attached hydrogens (tertiary/aromatic N) is 4. The standard InChI is InChI=1S/C25H40N4O5/c1-27(2)18-23(32)29-13-6-4-9-25(24(33)34-19-22(31)21(30)8-14-29)10-15-28(16-11-25)17-20-7-3-5-12-26-20/h3,5,7,12,21-22,30-31H,4,6,8-11,13-19H2,1-2H3/t21-,22+/m0/s1. The summed E-state index contributed by atoms with van der Waals surface area (Å²) in [6, 6.07) is 5.89. The van der Waals surface area contributed by atoms with Crippen molar-refractivity contribution >= 4 is 11.9 Å². The molecule has 2 saturated heterocycles. The molecule has 0 aromatic carbocycles. The van der Waals surface area contributed by atoms with E-state index in [9.17, 15) is 19.8 Å². The molecule has 0 unspecified atom stereocenters. The van der Waals surface area contributed by atoms with Crippen LogP contribution in [0.25, 0.3) is 0 Å². The Morgan fingerprint density at radius 1 is 1.12 bits per heavy atom. The van der Waals surface area contributed by atoms with Gasteiger partial charge in [0.2, 0.25) is 5.91 Å². The van der Waals surface area contributed by atoms with Crippen molar-refractivity contribution in [2.75, 3.05) is 53.4 Å². The first-order valence-electron chi connectivity index (χ1n) is 12.4. The summed E-state index contributed by atoms with van der Waals surface area (Å²) < 4.78 is 5.55. The molecule has 0 radical (unpaired) electrons. The molecule has 0 bridgehead atoms. The van der Waals surface area contributed by atoms with Crippen LogP contribution in [0.1, 0.15) is 44.2 Å². The van der Waals surface area contributed by atoms with E-state index in [1.807, 2.05) is 37.2 Å². The van der Waals surface area contributed by atoms with E-state index in [0.717, 1.165) is 38.2 Å². The first kappa shape index (κ1) is 26.5. The molecule has 9 heteroatoms.